The average molecular weight is 438 g/mol. The molecule has 2 heterocycles. The second-order valence-corrected chi connectivity index (χ2v) is 7.55. The standard InChI is InChI=1S/C23H19FN2O6/c1-11-18(20(28)13-7-3-5-9-17(13)32-11)16(27)10-14(12-6-2-4-8-15(12)24)19-21(29)25-23(31)26-22(19)30/h2-9,14,19-20,28H,10H2,1H3,(H2,25,26,29,30,31). The first-order valence-electron chi connectivity index (χ1n) is 9.87. The highest BCUT2D eigenvalue weighted by Gasteiger charge is 2.43. The molecule has 3 N–H and O–H groups in total. The van der Waals surface area contributed by atoms with E-state index in [1.165, 1.54) is 25.1 Å². The van der Waals surface area contributed by atoms with Gasteiger partial charge in [-0.2, -0.15) is 0 Å². The van der Waals surface area contributed by atoms with Gasteiger partial charge in [0.1, 0.15) is 29.3 Å². The van der Waals surface area contributed by atoms with Crippen LogP contribution in [0.5, 0.6) is 5.75 Å². The molecular weight excluding hydrogens is 419 g/mol. The van der Waals surface area contributed by atoms with Crippen molar-refractivity contribution in [2.75, 3.05) is 0 Å². The lowest BCUT2D eigenvalue weighted by atomic mass is 9.78. The normalized spacial score (nSPS) is 19.6. The third-order valence-corrected chi connectivity index (χ3v) is 5.58. The van der Waals surface area contributed by atoms with Crippen LogP contribution in [0.4, 0.5) is 9.18 Å². The number of fused-ring (bicyclic) bond motifs is 1. The Hall–Kier alpha value is -3.85. The van der Waals surface area contributed by atoms with Crippen LogP contribution in [0.2, 0.25) is 0 Å². The molecule has 0 aliphatic carbocycles. The Balaban J connectivity index is 1.71. The van der Waals surface area contributed by atoms with Crippen molar-refractivity contribution in [3.8, 4) is 5.75 Å². The molecule has 0 spiro atoms. The lowest BCUT2D eigenvalue weighted by Gasteiger charge is -2.30. The maximum atomic E-state index is 14.6. The van der Waals surface area contributed by atoms with Crippen molar-refractivity contribution in [3.05, 3.63) is 76.8 Å². The third kappa shape index (κ3) is 3.78. The van der Waals surface area contributed by atoms with Crippen molar-refractivity contribution < 1.29 is 33.4 Å². The van der Waals surface area contributed by atoms with E-state index in [0.29, 0.717) is 11.3 Å². The van der Waals surface area contributed by atoms with Gasteiger partial charge in [0, 0.05) is 17.9 Å². The number of halogens is 1. The van der Waals surface area contributed by atoms with Gasteiger partial charge in [-0.25, -0.2) is 9.18 Å². The van der Waals surface area contributed by atoms with Crippen LogP contribution in [0.25, 0.3) is 0 Å². The van der Waals surface area contributed by atoms with Crippen molar-refractivity contribution in [2.24, 2.45) is 5.92 Å². The third-order valence-electron chi connectivity index (χ3n) is 5.58. The van der Waals surface area contributed by atoms with Crippen molar-refractivity contribution in [1.82, 2.24) is 10.6 Å². The van der Waals surface area contributed by atoms with Gasteiger partial charge in [0.2, 0.25) is 11.8 Å². The summed E-state index contributed by atoms with van der Waals surface area (Å²) in [7, 11) is 0. The fraction of sp³-hybridized carbons (Fsp3) is 0.217. The highest BCUT2D eigenvalue weighted by molar-refractivity contribution is 6.17. The van der Waals surface area contributed by atoms with Crippen molar-refractivity contribution in [1.29, 1.82) is 0 Å². The number of para-hydroxylation sites is 1. The van der Waals surface area contributed by atoms with Crippen molar-refractivity contribution in [2.45, 2.75) is 25.4 Å². The zero-order valence-corrected chi connectivity index (χ0v) is 16.9. The lowest BCUT2D eigenvalue weighted by molar-refractivity contribution is -0.137. The number of ketones is 1. The highest BCUT2D eigenvalue weighted by Crippen LogP contribution is 2.40. The number of imide groups is 2. The molecule has 2 aliphatic rings. The fourth-order valence-electron chi connectivity index (χ4n) is 4.10. The lowest BCUT2D eigenvalue weighted by Crippen LogP contribution is -2.57. The van der Waals surface area contributed by atoms with Gasteiger partial charge in [0.05, 0.1) is 5.57 Å². The Morgan fingerprint density at radius 2 is 1.69 bits per heavy atom. The molecule has 2 aliphatic heterocycles. The zero-order chi connectivity index (χ0) is 23.0. The van der Waals surface area contributed by atoms with Gasteiger partial charge in [-0.1, -0.05) is 36.4 Å². The number of carbonyl (C=O) groups is 4. The van der Waals surface area contributed by atoms with Crippen LogP contribution in [-0.4, -0.2) is 28.7 Å². The number of hydrogen-bond donors (Lipinski definition) is 3. The molecule has 9 heteroatoms. The van der Waals surface area contributed by atoms with E-state index >= 15 is 0 Å². The van der Waals surface area contributed by atoms with Crippen molar-refractivity contribution in [3.63, 3.8) is 0 Å². The number of hydrogen-bond acceptors (Lipinski definition) is 6. The number of ether oxygens (including phenoxy) is 1. The molecule has 2 aromatic rings. The summed E-state index contributed by atoms with van der Waals surface area (Å²) >= 11 is 0. The molecule has 4 rings (SSSR count). The Bertz CT molecular complexity index is 1150. The number of benzene rings is 2. The van der Waals surface area contributed by atoms with Crippen molar-refractivity contribution >= 4 is 23.6 Å². The van der Waals surface area contributed by atoms with Gasteiger partial charge in [-0.05, 0) is 24.6 Å². The predicted molar refractivity (Wildman–Crippen MR) is 109 cm³/mol. The number of barbiturate groups is 1. The van der Waals surface area contributed by atoms with Crippen LogP contribution < -0.4 is 15.4 Å². The fourth-order valence-corrected chi connectivity index (χ4v) is 4.10. The van der Waals surface area contributed by atoms with Crippen LogP contribution in [-0.2, 0) is 14.4 Å². The number of Topliss-reactive ketones (excluding diaryl/α,β-unsaturated/α-hetero) is 1. The van der Waals surface area contributed by atoms with E-state index in [1.54, 1.807) is 24.3 Å². The van der Waals surface area contributed by atoms with Crippen LogP contribution in [0.15, 0.2) is 59.9 Å². The summed E-state index contributed by atoms with van der Waals surface area (Å²) in [5.74, 6) is -5.36. The molecular formula is C23H19FN2O6. The molecule has 1 saturated heterocycles. The van der Waals surface area contributed by atoms with Crippen LogP contribution in [0, 0.1) is 11.7 Å². The summed E-state index contributed by atoms with van der Waals surface area (Å²) in [6.45, 7) is 1.52. The number of aliphatic hydroxyl groups is 1. The number of urea groups is 1. The Morgan fingerprint density at radius 3 is 2.38 bits per heavy atom. The summed E-state index contributed by atoms with van der Waals surface area (Å²) in [6, 6.07) is 11.2. The predicted octanol–water partition coefficient (Wildman–Crippen LogP) is 2.25. The molecule has 0 aromatic heterocycles. The van der Waals surface area contributed by atoms with Crippen LogP contribution in [0.3, 0.4) is 0 Å². The molecule has 8 nitrogen and oxygen atoms in total. The quantitative estimate of drug-likeness (QED) is 0.616. The number of aliphatic hydroxyl groups excluding tert-OH is 1. The molecule has 2 aromatic carbocycles. The Morgan fingerprint density at radius 1 is 1.06 bits per heavy atom. The molecule has 0 radical (unpaired) electrons. The largest absolute Gasteiger partial charge is 0.461 e. The molecule has 0 saturated carbocycles. The van der Waals surface area contributed by atoms with Gasteiger partial charge in [0.15, 0.2) is 5.78 Å². The van der Waals surface area contributed by atoms with E-state index in [4.69, 9.17) is 4.74 Å². The summed E-state index contributed by atoms with van der Waals surface area (Å²) in [4.78, 5) is 49.7. The molecule has 32 heavy (non-hydrogen) atoms. The summed E-state index contributed by atoms with van der Waals surface area (Å²) in [6.07, 6.45) is -1.76. The minimum Gasteiger partial charge on any atom is -0.461 e. The SMILES string of the molecule is CC1=C(C(=O)CC(c2ccccc2F)C2C(=O)NC(=O)NC2=O)C(O)c2ccccc2O1. The summed E-state index contributed by atoms with van der Waals surface area (Å²) in [5.41, 5.74) is 0.316. The second kappa shape index (κ2) is 8.35. The summed E-state index contributed by atoms with van der Waals surface area (Å²) in [5, 5.41) is 14.8. The molecule has 164 valence electrons. The molecule has 2 atom stereocenters. The van der Waals surface area contributed by atoms with Gasteiger partial charge in [-0.15, -0.1) is 0 Å². The van der Waals surface area contributed by atoms with E-state index in [0.717, 1.165) is 6.07 Å². The van der Waals surface area contributed by atoms with Gasteiger partial charge in [0.25, 0.3) is 0 Å². The topological polar surface area (TPSA) is 122 Å². The minimum atomic E-state index is -1.52. The molecule has 1 fully saturated rings. The van der Waals surface area contributed by atoms with Gasteiger partial charge in [-0.3, -0.25) is 25.0 Å². The smallest absolute Gasteiger partial charge is 0.328 e. The zero-order valence-electron chi connectivity index (χ0n) is 16.9. The first kappa shape index (κ1) is 21.4. The average Bonchev–Trinajstić information content (AvgIpc) is 2.73. The van der Waals surface area contributed by atoms with Gasteiger partial charge < -0.3 is 9.84 Å². The molecule has 0 bridgehead atoms. The number of amides is 4. The van der Waals surface area contributed by atoms with Crippen LogP contribution >= 0.6 is 0 Å². The van der Waals surface area contributed by atoms with E-state index in [2.05, 4.69) is 0 Å². The maximum absolute atomic E-state index is 14.6. The maximum Gasteiger partial charge on any atom is 0.328 e. The number of nitrogens with one attached hydrogen (secondary N) is 2. The first-order chi connectivity index (χ1) is 15.3. The number of allylic oxidation sites excluding steroid dienone is 1. The second-order valence-electron chi connectivity index (χ2n) is 7.55. The van der Waals surface area contributed by atoms with E-state index < -0.39 is 53.8 Å². The Labute approximate surface area is 182 Å². The highest BCUT2D eigenvalue weighted by atomic mass is 19.1. The number of rotatable bonds is 5. The van der Waals surface area contributed by atoms with E-state index in [-0.39, 0.29) is 16.9 Å². The Kier molecular flexibility index (Phi) is 5.58. The summed E-state index contributed by atoms with van der Waals surface area (Å²) < 4.78 is 20.3. The van der Waals surface area contributed by atoms with E-state index in [1.807, 2.05) is 10.6 Å². The first-order valence-corrected chi connectivity index (χ1v) is 9.87. The van der Waals surface area contributed by atoms with Crippen LogP contribution in [0.1, 0.15) is 36.5 Å². The molecule has 2 unspecified atom stereocenters. The minimum absolute atomic E-state index is 0.0321. The van der Waals surface area contributed by atoms with Gasteiger partial charge >= 0.3 is 6.03 Å². The monoisotopic (exact) mass is 438 g/mol. The van der Waals surface area contributed by atoms with E-state index in [9.17, 15) is 28.7 Å². The molecule has 4 amide bonds. The number of carbonyl (C=O) groups excluding carboxylic acids is 4.